The number of ether oxygens (including phenoxy) is 1. The third-order valence-corrected chi connectivity index (χ3v) is 5.41. The minimum atomic E-state index is -0.482. The molecule has 1 aliphatic heterocycles. The van der Waals surface area contributed by atoms with Crippen LogP contribution in [0.3, 0.4) is 0 Å². The minimum absolute atomic E-state index is 0.206. The highest BCUT2D eigenvalue weighted by Gasteiger charge is 2.25. The van der Waals surface area contributed by atoms with Gasteiger partial charge in [0.05, 0.1) is 17.2 Å². The van der Waals surface area contributed by atoms with Gasteiger partial charge in [-0.2, -0.15) is 9.50 Å². The largest absolute Gasteiger partial charge is 0.466 e. The van der Waals surface area contributed by atoms with E-state index in [1.165, 1.54) is 0 Å². The average Bonchev–Trinajstić information content (AvgIpc) is 3.38. The van der Waals surface area contributed by atoms with Crippen LogP contribution < -0.4 is 4.90 Å². The number of rotatable bonds is 5. The highest BCUT2D eigenvalue weighted by molar-refractivity contribution is 7.13. The first-order chi connectivity index (χ1) is 13.7. The summed E-state index contributed by atoms with van der Waals surface area (Å²) in [5.41, 5.74) is 0.946. The van der Waals surface area contributed by atoms with Crippen LogP contribution in [0.4, 0.5) is 5.95 Å². The predicted octanol–water partition coefficient (Wildman–Crippen LogP) is 1.45. The molecule has 1 saturated heterocycles. The van der Waals surface area contributed by atoms with Gasteiger partial charge in [-0.05, 0) is 24.4 Å². The number of fused-ring (bicyclic) bond motifs is 1. The van der Waals surface area contributed by atoms with E-state index in [4.69, 9.17) is 4.74 Å². The second-order valence-corrected chi connectivity index (χ2v) is 7.23. The lowest BCUT2D eigenvalue weighted by atomic mass is 10.3. The number of hydrogen-bond donors (Lipinski definition) is 0. The summed E-state index contributed by atoms with van der Waals surface area (Å²) in [4.78, 5) is 37.4. The topological polar surface area (TPSA) is 92.9 Å². The number of aromatic nitrogens is 4. The van der Waals surface area contributed by atoms with E-state index in [-0.39, 0.29) is 18.9 Å². The Balaban J connectivity index is 1.45. The van der Waals surface area contributed by atoms with Gasteiger partial charge in [0.15, 0.2) is 0 Å². The number of anilines is 1. The molecule has 28 heavy (non-hydrogen) atoms. The zero-order valence-electron chi connectivity index (χ0n) is 15.4. The van der Waals surface area contributed by atoms with Crippen molar-refractivity contribution < 1.29 is 14.3 Å². The van der Waals surface area contributed by atoms with E-state index in [9.17, 15) is 9.59 Å². The van der Waals surface area contributed by atoms with Gasteiger partial charge in [0.1, 0.15) is 6.42 Å². The normalized spacial score (nSPS) is 14.5. The summed E-state index contributed by atoms with van der Waals surface area (Å²) in [6.07, 6.45) is 1.52. The van der Waals surface area contributed by atoms with Crippen LogP contribution in [0.1, 0.15) is 13.3 Å². The molecule has 0 bridgehead atoms. The van der Waals surface area contributed by atoms with Crippen molar-refractivity contribution in [3.63, 3.8) is 0 Å². The molecule has 3 aromatic rings. The summed E-state index contributed by atoms with van der Waals surface area (Å²) >= 11 is 1.64. The second-order valence-electron chi connectivity index (χ2n) is 6.28. The molecule has 0 aromatic carbocycles. The fraction of sp³-hybridized carbons (Fsp3) is 0.389. The van der Waals surface area contributed by atoms with E-state index in [2.05, 4.69) is 15.1 Å². The van der Waals surface area contributed by atoms with Crippen molar-refractivity contribution in [3.8, 4) is 10.6 Å². The third-order valence-electron chi connectivity index (χ3n) is 4.52. The summed E-state index contributed by atoms with van der Waals surface area (Å²) < 4.78 is 6.59. The van der Waals surface area contributed by atoms with Gasteiger partial charge in [-0.1, -0.05) is 6.07 Å². The predicted molar refractivity (Wildman–Crippen MR) is 104 cm³/mol. The van der Waals surface area contributed by atoms with Gasteiger partial charge in [0.2, 0.25) is 11.9 Å². The molecule has 0 saturated carbocycles. The number of amides is 1. The average molecular weight is 400 g/mol. The Hall–Kier alpha value is -3.01. The number of carbonyl (C=O) groups excluding carboxylic acids is 2. The molecule has 4 heterocycles. The van der Waals surface area contributed by atoms with Gasteiger partial charge in [0, 0.05) is 32.4 Å². The lowest BCUT2D eigenvalue weighted by Gasteiger charge is -2.33. The van der Waals surface area contributed by atoms with Crippen molar-refractivity contribution in [2.45, 2.75) is 13.3 Å². The summed E-state index contributed by atoms with van der Waals surface area (Å²) in [7, 11) is 0. The van der Waals surface area contributed by atoms with Crippen LogP contribution in [-0.4, -0.2) is 69.1 Å². The number of piperazine rings is 1. The Bertz CT molecular complexity index is 979. The van der Waals surface area contributed by atoms with Crippen molar-refractivity contribution in [2.75, 3.05) is 37.7 Å². The van der Waals surface area contributed by atoms with Crippen LogP contribution in [0.2, 0.25) is 0 Å². The molecule has 0 N–H and O–H groups in total. The molecule has 1 aliphatic rings. The second kappa shape index (κ2) is 7.93. The maximum atomic E-state index is 12.2. The molecule has 0 spiro atoms. The Morgan fingerprint density at radius 3 is 2.75 bits per heavy atom. The molecule has 1 amide bonds. The van der Waals surface area contributed by atoms with Crippen LogP contribution in [0.5, 0.6) is 0 Å². The summed E-state index contributed by atoms with van der Waals surface area (Å²) in [6.45, 7) is 4.22. The lowest BCUT2D eigenvalue weighted by Crippen LogP contribution is -2.49. The Morgan fingerprint density at radius 2 is 2.04 bits per heavy atom. The molecule has 0 radical (unpaired) electrons. The molecule has 3 aromatic heterocycles. The zero-order valence-corrected chi connectivity index (χ0v) is 16.3. The van der Waals surface area contributed by atoms with Crippen LogP contribution in [0, 0.1) is 0 Å². The lowest BCUT2D eigenvalue weighted by molar-refractivity contribution is -0.148. The van der Waals surface area contributed by atoms with E-state index in [1.54, 1.807) is 33.9 Å². The van der Waals surface area contributed by atoms with E-state index >= 15 is 0 Å². The van der Waals surface area contributed by atoms with E-state index in [1.807, 2.05) is 28.5 Å². The number of thiophene rings is 1. The Kier molecular flexibility index (Phi) is 5.20. The first-order valence-electron chi connectivity index (χ1n) is 9.09. The molecular formula is C18H20N6O3S. The summed E-state index contributed by atoms with van der Waals surface area (Å²) in [5, 5.41) is 6.65. The Morgan fingerprint density at radius 1 is 1.21 bits per heavy atom. The van der Waals surface area contributed by atoms with Gasteiger partial charge >= 0.3 is 5.97 Å². The molecular weight excluding hydrogens is 380 g/mol. The van der Waals surface area contributed by atoms with Crippen LogP contribution >= 0.6 is 11.3 Å². The maximum Gasteiger partial charge on any atom is 0.315 e. The van der Waals surface area contributed by atoms with Crippen molar-refractivity contribution in [1.29, 1.82) is 0 Å². The molecule has 146 valence electrons. The zero-order chi connectivity index (χ0) is 19.5. The maximum absolute atomic E-state index is 12.2. The molecule has 9 nitrogen and oxygen atoms in total. The Labute approximate surface area is 165 Å². The van der Waals surface area contributed by atoms with Gasteiger partial charge < -0.3 is 14.5 Å². The van der Waals surface area contributed by atoms with Crippen LogP contribution in [0.15, 0.2) is 29.8 Å². The molecule has 4 rings (SSSR count). The van der Waals surface area contributed by atoms with Crippen LogP contribution in [-0.2, 0) is 14.3 Å². The molecule has 1 fully saturated rings. The monoisotopic (exact) mass is 400 g/mol. The number of esters is 1. The van der Waals surface area contributed by atoms with Gasteiger partial charge in [-0.25, -0.2) is 4.98 Å². The number of carbonyl (C=O) groups is 2. The third kappa shape index (κ3) is 3.68. The molecule has 0 unspecified atom stereocenters. The van der Waals surface area contributed by atoms with Crippen molar-refractivity contribution in [3.05, 3.63) is 29.8 Å². The molecule has 0 atom stereocenters. The SMILES string of the molecule is CCOC(=O)CC(=O)N1CCN(c2nc3nccc(-c4cccs4)n3n2)CC1. The quantitative estimate of drug-likeness (QED) is 0.473. The van der Waals surface area contributed by atoms with E-state index in [0.717, 1.165) is 10.6 Å². The van der Waals surface area contributed by atoms with Crippen LogP contribution in [0.25, 0.3) is 16.3 Å². The number of nitrogens with zero attached hydrogens (tertiary/aromatic N) is 6. The number of hydrogen-bond acceptors (Lipinski definition) is 8. The van der Waals surface area contributed by atoms with Gasteiger partial charge in [-0.15, -0.1) is 16.4 Å². The standard InChI is InChI=1S/C18H20N6O3S/c1-2-27-16(26)12-15(25)22-7-9-23(10-8-22)18-20-17-19-6-5-13(24(17)21-18)14-4-3-11-28-14/h3-6,11H,2,7-10,12H2,1H3. The fourth-order valence-corrected chi connectivity index (χ4v) is 3.87. The summed E-state index contributed by atoms with van der Waals surface area (Å²) in [5.74, 6) is 0.447. The van der Waals surface area contributed by atoms with E-state index in [0.29, 0.717) is 37.9 Å². The van der Waals surface area contributed by atoms with Crippen molar-refractivity contribution in [2.24, 2.45) is 0 Å². The highest BCUT2D eigenvalue weighted by Crippen LogP contribution is 2.25. The first-order valence-corrected chi connectivity index (χ1v) is 9.97. The first kappa shape index (κ1) is 18.4. The van der Waals surface area contributed by atoms with E-state index < -0.39 is 5.97 Å². The van der Waals surface area contributed by atoms with Crippen molar-refractivity contribution >= 4 is 34.9 Å². The smallest absolute Gasteiger partial charge is 0.315 e. The minimum Gasteiger partial charge on any atom is -0.466 e. The summed E-state index contributed by atoms with van der Waals surface area (Å²) in [6, 6.07) is 5.95. The highest BCUT2D eigenvalue weighted by atomic mass is 32.1. The van der Waals surface area contributed by atoms with Gasteiger partial charge in [-0.3, -0.25) is 9.59 Å². The van der Waals surface area contributed by atoms with Gasteiger partial charge in [0.25, 0.3) is 5.78 Å². The fourth-order valence-electron chi connectivity index (χ4n) is 3.13. The van der Waals surface area contributed by atoms with Crippen molar-refractivity contribution in [1.82, 2.24) is 24.5 Å². The molecule has 10 heteroatoms. The molecule has 0 aliphatic carbocycles.